The Labute approximate surface area is 112 Å². The Morgan fingerprint density at radius 2 is 2.06 bits per heavy atom. The first kappa shape index (κ1) is 12.2. The fourth-order valence-corrected chi connectivity index (χ4v) is 3.36. The van der Waals surface area contributed by atoms with E-state index in [4.69, 9.17) is 9.47 Å². The van der Waals surface area contributed by atoms with Crippen molar-refractivity contribution in [3.05, 3.63) is 18.2 Å². The Morgan fingerprint density at radius 1 is 1.17 bits per heavy atom. The van der Waals surface area contributed by atoms with E-state index in [1.165, 1.54) is 24.3 Å². The van der Waals surface area contributed by atoms with Crippen LogP contribution in [-0.2, 0) is 0 Å². The van der Waals surface area contributed by atoms with Crippen molar-refractivity contribution in [3.8, 4) is 11.5 Å². The number of fused-ring (bicyclic) bond motifs is 1. The highest BCUT2D eigenvalue weighted by Crippen LogP contribution is 2.34. The molecular formula is C14H19NO2S. The first-order valence-electron chi connectivity index (χ1n) is 6.68. The average Bonchev–Trinajstić information content (AvgIpc) is 2.80. The van der Waals surface area contributed by atoms with Gasteiger partial charge < -0.3 is 14.8 Å². The monoisotopic (exact) mass is 265 g/mol. The Balaban J connectivity index is 1.63. The van der Waals surface area contributed by atoms with E-state index in [1.807, 2.05) is 17.8 Å². The van der Waals surface area contributed by atoms with Crippen molar-refractivity contribution in [2.24, 2.45) is 0 Å². The molecule has 1 N–H and O–H groups in total. The van der Waals surface area contributed by atoms with E-state index in [2.05, 4.69) is 17.4 Å². The summed E-state index contributed by atoms with van der Waals surface area (Å²) in [7, 11) is 0. The van der Waals surface area contributed by atoms with Gasteiger partial charge in [0.15, 0.2) is 11.5 Å². The lowest BCUT2D eigenvalue weighted by atomic mass is 10.3. The number of thioether (sulfide) groups is 1. The third-order valence-electron chi connectivity index (χ3n) is 3.33. The Kier molecular flexibility index (Phi) is 3.96. The van der Waals surface area contributed by atoms with Crippen LogP contribution in [0.5, 0.6) is 11.5 Å². The summed E-state index contributed by atoms with van der Waals surface area (Å²) in [4.78, 5) is 1.27. The van der Waals surface area contributed by atoms with Gasteiger partial charge in [0.25, 0.3) is 0 Å². The topological polar surface area (TPSA) is 30.5 Å². The molecule has 0 amide bonds. The second-order valence-electron chi connectivity index (χ2n) is 4.76. The van der Waals surface area contributed by atoms with Gasteiger partial charge in [0.05, 0.1) is 13.2 Å². The summed E-state index contributed by atoms with van der Waals surface area (Å²) in [5, 5.41) is 3.52. The van der Waals surface area contributed by atoms with Gasteiger partial charge >= 0.3 is 0 Å². The zero-order chi connectivity index (χ0) is 12.2. The molecule has 2 aliphatic heterocycles. The van der Waals surface area contributed by atoms with Crippen molar-refractivity contribution in [2.75, 3.05) is 25.5 Å². The summed E-state index contributed by atoms with van der Waals surface area (Å²) in [6, 6.07) is 6.95. The lowest BCUT2D eigenvalue weighted by Crippen LogP contribution is -2.23. The minimum atomic E-state index is 0.672. The minimum absolute atomic E-state index is 0.672. The van der Waals surface area contributed by atoms with E-state index in [-0.39, 0.29) is 0 Å². The number of hydrogen-bond donors (Lipinski definition) is 1. The lowest BCUT2D eigenvalue weighted by Gasteiger charge is -2.11. The summed E-state index contributed by atoms with van der Waals surface area (Å²) < 4.78 is 11.3. The van der Waals surface area contributed by atoms with Crippen LogP contribution in [0.1, 0.15) is 19.3 Å². The smallest absolute Gasteiger partial charge is 0.162 e. The highest BCUT2D eigenvalue weighted by Gasteiger charge is 2.15. The second-order valence-corrected chi connectivity index (χ2v) is 5.86. The molecule has 1 atom stereocenters. The predicted molar refractivity (Wildman–Crippen MR) is 73.8 cm³/mol. The summed E-state index contributed by atoms with van der Waals surface area (Å²) in [6.07, 6.45) is 3.58. The summed E-state index contributed by atoms with van der Waals surface area (Å²) in [5.74, 6) is 2.92. The van der Waals surface area contributed by atoms with E-state index >= 15 is 0 Å². The maximum absolute atomic E-state index is 5.71. The molecule has 0 aromatic heterocycles. The fraction of sp³-hybridized carbons (Fsp3) is 0.571. The molecule has 0 radical (unpaired) electrons. The van der Waals surface area contributed by atoms with Crippen LogP contribution in [0.2, 0.25) is 0 Å². The molecule has 1 fully saturated rings. The molecule has 2 aliphatic rings. The van der Waals surface area contributed by atoms with Crippen LogP contribution in [-0.4, -0.2) is 31.6 Å². The van der Waals surface area contributed by atoms with Gasteiger partial charge in [-0.1, -0.05) is 0 Å². The van der Waals surface area contributed by atoms with Gasteiger partial charge in [-0.3, -0.25) is 0 Å². The van der Waals surface area contributed by atoms with Crippen LogP contribution in [0, 0.1) is 0 Å². The molecule has 3 nitrogen and oxygen atoms in total. The van der Waals surface area contributed by atoms with Gasteiger partial charge in [-0.25, -0.2) is 0 Å². The largest absolute Gasteiger partial charge is 0.490 e. The quantitative estimate of drug-likeness (QED) is 0.851. The van der Waals surface area contributed by atoms with Gasteiger partial charge in [0.2, 0.25) is 0 Å². The van der Waals surface area contributed by atoms with Crippen LogP contribution >= 0.6 is 11.8 Å². The van der Waals surface area contributed by atoms with Gasteiger partial charge in [-0.2, -0.15) is 0 Å². The number of benzene rings is 1. The molecule has 2 heterocycles. The minimum Gasteiger partial charge on any atom is -0.490 e. The first-order valence-corrected chi connectivity index (χ1v) is 7.66. The van der Waals surface area contributed by atoms with Crippen molar-refractivity contribution in [1.82, 2.24) is 5.32 Å². The maximum Gasteiger partial charge on any atom is 0.162 e. The third kappa shape index (κ3) is 2.93. The van der Waals surface area contributed by atoms with E-state index in [0.29, 0.717) is 6.04 Å². The molecule has 3 rings (SSSR count). The number of hydrogen-bond acceptors (Lipinski definition) is 4. The molecule has 98 valence electrons. The summed E-state index contributed by atoms with van der Waals surface area (Å²) in [5.41, 5.74) is 0. The SMILES string of the molecule is c1cc2c(cc1SC[C@@H]1CCCN1)OCCCO2. The van der Waals surface area contributed by atoms with Crippen LogP contribution < -0.4 is 14.8 Å². The van der Waals surface area contributed by atoms with Crippen molar-refractivity contribution in [1.29, 1.82) is 0 Å². The molecule has 0 bridgehead atoms. The van der Waals surface area contributed by atoms with Crippen LogP contribution in [0.15, 0.2) is 23.1 Å². The molecular weight excluding hydrogens is 246 g/mol. The van der Waals surface area contributed by atoms with Crippen LogP contribution in [0.3, 0.4) is 0 Å². The van der Waals surface area contributed by atoms with Crippen molar-refractivity contribution < 1.29 is 9.47 Å². The third-order valence-corrected chi connectivity index (χ3v) is 4.49. The van der Waals surface area contributed by atoms with Gasteiger partial charge in [-0.05, 0) is 37.6 Å². The Bertz CT molecular complexity index is 405. The highest BCUT2D eigenvalue weighted by molar-refractivity contribution is 7.99. The van der Waals surface area contributed by atoms with E-state index in [9.17, 15) is 0 Å². The summed E-state index contributed by atoms with van der Waals surface area (Å²) in [6.45, 7) is 2.68. The molecule has 0 unspecified atom stereocenters. The standard InChI is InChI=1S/C14H19NO2S/c1-3-11(15-6-1)10-18-12-4-5-13-14(9-12)17-8-2-7-16-13/h4-5,9,11,15H,1-3,6-8,10H2/t11-/m0/s1. The average molecular weight is 265 g/mol. The van der Waals surface area contributed by atoms with Crippen molar-refractivity contribution in [3.63, 3.8) is 0 Å². The van der Waals surface area contributed by atoms with E-state index < -0.39 is 0 Å². The predicted octanol–water partition coefficient (Wildman–Crippen LogP) is 2.69. The van der Waals surface area contributed by atoms with Gasteiger partial charge in [0.1, 0.15) is 0 Å². The Hall–Kier alpha value is -0.870. The molecule has 18 heavy (non-hydrogen) atoms. The van der Waals surface area contributed by atoms with Crippen molar-refractivity contribution in [2.45, 2.75) is 30.2 Å². The molecule has 1 aromatic rings. The van der Waals surface area contributed by atoms with Crippen LogP contribution in [0.25, 0.3) is 0 Å². The first-order chi connectivity index (χ1) is 8.92. The number of nitrogens with one attached hydrogen (secondary N) is 1. The van der Waals surface area contributed by atoms with E-state index in [0.717, 1.165) is 36.9 Å². The number of rotatable bonds is 3. The van der Waals surface area contributed by atoms with Crippen LogP contribution in [0.4, 0.5) is 0 Å². The lowest BCUT2D eigenvalue weighted by molar-refractivity contribution is 0.297. The highest BCUT2D eigenvalue weighted by atomic mass is 32.2. The van der Waals surface area contributed by atoms with E-state index in [1.54, 1.807) is 0 Å². The summed E-state index contributed by atoms with van der Waals surface area (Å²) >= 11 is 1.90. The molecule has 4 heteroatoms. The zero-order valence-corrected chi connectivity index (χ0v) is 11.3. The molecule has 0 saturated carbocycles. The fourth-order valence-electron chi connectivity index (χ4n) is 2.33. The second kappa shape index (κ2) is 5.85. The van der Waals surface area contributed by atoms with Gasteiger partial charge in [0, 0.05) is 23.1 Å². The molecule has 0 spiro atoms. The Morgan fingerprint density at radius 3 is 2.89 bits per heavy atom. The number of ether oxygens (including phenoxy) is 2. The van der Waals surface area contributed by atoms with Gasteiger partial charge in [-0.15, -0.1) is 11.8 Å². The molecule has 1 aromatic carbocycles. The molecule has 0 aliphatic carbocycles. The molecule has 1 saturated heterocycles. The normalized spacial score (nSPS) is 22.8. The van der Waals surface area contributed by atoms with Crippen molar-refractivity contribution >= 4 is 11.8 Å². The maximum atomic E-state index is 5.71. The zero-order valence-electron chi connectivity index (χ0n) is 10.5.